The van der Waals surface area contributed by atoms with E-state index in [2.05, 4.69) is 56.6 Å². The van der Waals surface area contributed by atoms with Crippen LogP contribution in [-0.4, -0.2) is 55.5 Å². The molecule has 0 aromatic heterocycles. The van der Waals surface area contributed by atoms with Crippen molar-refractivity contribution >= 4 is 5.96 Å². The Balaban J connectivity index is 4.40. The molecule has 1 atom stereocenters. The highest BCUT2D eigenvalue weighted by atomic mass is 15.3. The van der Waals surface area contributed by atoms with Gasteiger partial charge in [0.25, 0.3) is 0 Å². The quantitative estimate of drug-likeness (QED) is 0.549. The van der Waals surface area contributed by atoms with Crippen LogP contribution >= 0.6 is 0 Å². The van der Waals surface area contributed by atoms with Gasteiger partial charge in [0, 0.05) is 25.7 Å². The molecular weight excluding hydrogens is 200 g/mol. The maximum atomic E-state index is 6.01. The molecule has 0 aliphatic carbocycles. The van der Waals surface area contributed by atoms with Gasteiger partial charge in [0.2, 0.25) is 0 Å². The van der Waals surface area contributed by atoms with Gasteiger partial charge in [-0.3, -0.25) is 4.99 Å². The fraction of sp³-hybridized carbons (Fsp3) is 0.917. The summed E-state index contributed by atoms with van der Waals surface area (Å²) >= 11 is 0. The number of guanidine groups is 1. The summed E-state index contributed by atoms with van der Waals surface area (Å²) in [6.45, 7) is 11.3. The van der Waals surface area contributed by atoms with Crippen molar-refractivity contribution in [3.05, 3.63) is 0 Å². The summed E-state index contributed by atoms with van der Waals surface area (Å²) in [5, 5.41) is 0. The molecule has 0 heterocycles. The number of aliphatic imine (C=N–C) groups is 1. The first-order chi connectivity index (χ1) is 7.38. The van der Waals surface area contributed by atoms with E-state index in [0.717, 1.165) is 19.6 Å². The molecule has 16 heavy (non-hydrogen) atoms. The Hall–Kier alpha value is -0.770. The predicted octanol–water partition coefficient (Wildman–Crippen LogP) is 1.23. The summed E-state index contributed by atoms with van der Waals surface area (Å²) < 4.78 is 0. The highest BCUT2D eigenvalue weighted by molar-refractivity contribution is 5.78. The lowest BCUT2D eigenvalue weighted by molar-refractivity contribution is 0.261. The summed E-state index contributed by atoms with van der Waals surface area (Å²) in [6.07, 6.45) is 0. The van der Waals surface area contributed by atoms with Gasteiger partial charge in [-0.1, -0.05) is 13.8 Å². The van der Waals surface area contributed by atoms with Crippen molar-refractivity contribution in [2.24, 2.45) is 16.6 Å². The van der Waals surface area contributed by atoms with E-state index in [9.17, 15) is 0 Å². The molecule has 96 valence electrons. The topological polar surface area (TPSA) is 44.9 Å². The van der Waals surface area contributed by atoms with Crippen LogP contribution in [0.1, 0.15) is 27.7 Å². The number of nitrogens with zero attached hydrogens (tertiary/aromatic N) is 3. The van der Waals surface area contributed by atoms with Crippen LogP contribution in [0, 0.1) is 5.92 Å². The van der Waals surface area contributed by atoms with Crippen molar-refractivity contribution in [2.75, 3.05) is 33.7 Å². The molecule has 4 heteroatoms. The lowest BCUT2D eigenvalue weighted by Crippen LogP contribution is -2.47. The van der Waals surface area contributed by atoms with Crippen molar-refractivity contribution in [3.63, 3.8) is 0 Å². The van der Waals surface area contributed by atoms with Crippen LogP contribution in [0.25, 0.3) is 0 Å². The molecule has 0 fully saturated rings. The van der Waals surface area contributed by atoms with Crippen molar-refractivity contribution in [2.45, 2.75) is 33.7 Å². The van der Waals surface area contributed by atoms with Crippen LogP contribution in [0.4, 0.5) is 0 Å². The molecule has 0 spiro atoms. The zero-order valence-corrected chi connectivity index (χ0v) is 11.7. The lowest BCUT2D eigenvalue weighted by Gasteiger charge is -2.31. The first-order valence-electron chi connectivity index (χ1n) is 6.09. The lowest BCUT2D eigenvalue weighted by atomic mass is 10.2. The van der Waals surface area contributed by atoms with Crippen LogP contribution in [0.3, 0.4) is 0 Å². The van der Waals surface area contributed by atoms with Crippen LogP contribution < -0.4 is 5.73 Å². The van der Waals surface area contributed by atoms with Crippen LogP contribution in [0.2, 0.25) is 0 Å². The first-order valence-corrected chi connectivity index (χ1v) is 6.09. The Morgan fingerprint density at radius 1 is 1.25 bits per heavy atom. The monoisotopic (exact) mass is 228 g/mol. The van der Waals surface area contributed by atoms with Crippen molar-refractivity contribution in [1.82, 2.24) is 9.80 Å². The number of likely N-dealkylation sites (N-methyl/N-ethyl adjacent to an activating group) is 2. The predicted molar refractivity (Wildman–Crippen MR) is 71.7 cm³/mol. The zero-order chi connectivity index (χ0) is 12.7. The van der Waals surface area contributed by atoms with Crippen LogP contribution in [-0.2, 0) is 0 Å². The van der Waals surface area contributed by atoms with Crippen LogP contribution in [0.5, 0.6) is 0 Å². The van der Waals surface area contributed by atoms with E-state index in [1.54, 1.807) is 0 Å². The molecule has 0 aliphatic heterocycles. The molecule has 0 aliphatic rings. The number of nitrogens with two attached hydrogens (primary N) is 1. The second-order valence-corrected chi connectivity index (χ2v) is 4.99. The van der Waals surface area contributed by atoms with Crippen LogP contribution in [0.15, 0.2) is 4.99 Å². The highest BCUT2D eigenvalue weighted by Crippen LogP contribution is 2.01. The minimum absolute atomic E-state index is 0.399. The summed E-state index contributed by atoms with van der Waals surface area (Å²) in [5.74, 6) is 1.23. The molecule has 0 saturated carbocycles. The number of hydrogen-bond donors (Lipinski definition) is 1. The Morgan fingerprint density at radius 3 is 2.19 bits per heavy atom. The largest absolute Gasteiger partial charge is 0.370 e. The average Bonchev–Trinajstić information content (AvgIpc) is 2.14. The minimum atomic E-state index is 0.399. The molecule has 4 nitrogen and oxygen atoms in total. The maximum Gasteiger partial charge on any atom is 0.191 e. The van der Waals surface area contributed by atoms with E-state index in [0.29, 0.717) is 17.9 Å². The Morgan fingerprint density at radius 2 is 1.81 bits per heavy atom. The average molecular weight is 228 g/mol. The third-order valence-electron chi connectivity index (χ3n) is 2.41. The van der Waals surface area contributed by atoms with Gasteiger partial charge >= 0.3 is 0 Å². The van der Waals surface area contributed by atoms with E-state index >= 15 is 0 Å². The summed E-state index contributed by atoms with van der Waals surface area (Å²) in [4.78, 5) is 8.75. The van der Waals surface area contributed by atoms with Gasteiger partial charge in [-0.25, -0.2) is 0 Å². The number of rotatable bonds is 6. The van der Waals surface area contributed by atoms with Crippen molar-refractivity contribution < 1.29 is 0 Å². The molecule has 0 radical (unpaired) electrons. The molecular formula is C12H28N4. The van der Waals surface area contributed by atoms with E-state index in [-0.39, 0.29) is 0 Å². The summed E-state index contributed by atoms with van der Waals surface area (Å²) in [6, 6.07) is 0.399. The molecule has 0 aromatic carbocycles. The summed E-state index contributed by atoms with van der Waals surface area (Å²) in [5.41, 5.74) is 6.01. The van der Waals surface area contributed by atoms with Crippen molar-refractivity contribution in [1.29, 1.82) is 0 Å². The summed E-state index contributed by atoms with van der Waals surface area (Å²) in [7, 11) is 4.15. The molecule has 0 saturated heterocycles. The normalized spacial score (nSPS) is 14.6. The minimum Gasteiger partial charge on any atom is -0.370 e. The van der Waals surface area contributed by atoms with Gasteiger partial charge in [-0.2, -0.15) is 0 Å². The van der Waals surface area contributed by atoms with Gasteiger partial charge in [-0.15, -0.1) is 0 Å². The molecule has 1 unspecified atom stereocenters. The third kappa shape index (κ3) is 5.95. The van der Waals surface area contributed by atoms with E-state index < -0.39 is 0 Å². The fourth-order valence-corrected chi connectivity index (χ4v) is 1.69. The van der Waals surface area contributed by atoms with E-state index in [1.165, 1.54) is 0 Å². The zero-order valence-electron chi connectivity index (χ0n) is 11.7. The molecule has 0 aromatic rings. The van der Waals surface area contributed by atoms with Gasteiger partial charge < -0.3 is 15.5 Å². The smallest absolute Gasteiger partial charge is 0.191 e. The van der Waals surface area contributed by atoms with E-state index in [4.69, 9.17) is 5.73 Å². The van der Waals surface area contributed by atoms with Gasteiger partial charge in [-0.05, 0) is 33.9 Å². The van der Waals surface area contributed by atoms with Gasteiger partial charge in [0.05, 0.1) is 0 Å². The first kappa shape index (κ1) is 15.2. The second kappa shape index (κ2) is 7.49. The highest BCUT2D eigenvalue weighted by Gasteiger charge is 2.14. The number of hydrogen-bond acceptors (Lipinski definition) is 2. The standard InChI is InChI=1S/C12H28N4/c1-7-16(11(4)9-15(5)6)12(13)14-8-10(2)3/h10-11H,7-9H2,1-6H3,(H2,13,14). The SMILES string of the molecule is CCN(C(N)=NCC(C)C)C(C)CN(C)C. The maximum absolute atomic E-state index is 6.01. The Labute approximate surface area is 101 Å². The Kier molecular flexibility index (Phi) is 7.13. The fourth-order valence-electron chi connectivity index (χ4n) is 1.69. The molecule has 0 amide bonds. The third-order valence-corrected chi connectivity index (χ3v) is 2.41. The second-order valence-electron chi connectivity index (χ2n) is 4.99. The molecule has 0 rings (SSSR count). The Bertz CT molecular complexity index is 211. The van der Waals surface area contributed by atoms with Gasteiger partial charge in [0.1, 0.15) is 0 Å². The molecule has 0 bridgehead atoms. The van der Waals surface area contributed by atoms with Crippen molar-refractivity contribution in [3.8, 4) is 0 Å². The molecule has 2 N–H and O–H groups in total. The van der Waals surface area contributed by atoms with Gasteiger partial charge in [0.15, 0.2) is 5.96 Å². The van der Waals surface area contributed by atoms with E-state index in [1.807, 2.05) is 0 Å².